The molecular weight excluding hydrogens is 298 g/mol. The summed E-state index contributed by atoms with van der Waals surface area (Å²) in [5, 5.41) is 5.95. The first-order valence-electron chi connectivity index (χ1n) is 8.01. The number of nitrogens with zero attached hydrogens (tertiary/aromatic N) is 3. The molecule has 0 N–H and O–H groups in total. The molecule has 0 saturated carbocycles. The zero-order valence-electron chi connectivity index (χ0n) is 14.2. The SMILES string of the molecule is CCOC(=O)c1ccnn1C1CCN(OC(=O)C(C)(C)C)CC1. The predicted octanol–water partition coefficient (Wildman–Crippen LogP) is 2.20. The maximum absolute atomic E-state index is 11.9. The van der Waals surface area contributed by atoms with E-state index >= 15 is 0 Å². The number of rotatable bonds is 4. The van der Waals surface area contributed by atoms with Crippen molar-refractivity contribution in [3.8, 4) is 0 Å². The monoisotopic (exact) mass is 323 g/mol. The molecule has 0 bridgehead atoms. The maximum atomic E-state index is 11.9. The van der Waals surface area contributed by atoms with Gasteiger partial charge in [-0.05, 0) is 46.6 Å². The highest BCUT2D eigenvalue weighted by atomic mass is 16.7. The van der Waals surface area contributed by atoms with Gasteiger partial charge in [0.2, 0.25) is 0 Å². The molecule has 1 fully saturated rings. The van der Waals surface area contributed by atoms with E-state index in [9.17, 15) is 9.59 Å². The zero-order valence-corrected chi connectivity index (χ0v) is 14.2. The Kier molecular flexibility index (Phi) is 5.41. The fourth-order valence-corrected chi connectivity index (χ4v) is 2.40. The molecule has 0 aromatic carbocycles. The minimum Gasteiger partial charge on any atom is -0.461 e. The van der Waals surface area contributed by atoms with Crippen LogP contribution in [-0.2, 0) is 14.4 Å². The van der Waals surface area contributed by atoms with Gasteiger partial charge in [0.1, 0.15) is 5.69 Å². The molecule has 0 amide bonds. The van der Waals surface area contributed by atoms with Crippen LogP contribution in [0.5, 0.6) is 0 Å². The number of hydroxylamine groups is 2. The summed E-state index contributed by atoms with van der Waals surface area (Å²) in [7, 11) is 0. The summed E-state index contributed by atoms with van der Waals surface area (Å²) in [6, 6.07) is 1.78. The molecule has 0 atom stereocenters. The molecule has 7 heteroatoms. The third-order valence-corrected chi connectivity index (χ3v) is 3.75. The first kappa shape index (κ1) is 17.5. The Labute approximate surface area is 136 Å². The molecule has 0 unspecified atom stereocenters. The number of piperidine rings is 1. The largest absolute Gasteiger partial charge is 0.461 e. The summed E-state index contributed by atoms with van der Waals surface area (Å²) >= 11 is 0. The van der Waals surface area contributed by atoms with Crippen LogP contribution < -0.4 is 0 Å². The standard InChI is InChI=1S/C16H25N3O4/c1-5-22-14(20)13-6-9-17-19(13)12-7-10-18(11-8-12)23-15(21)16(2,3)4/h6,9,12H,5,7-8,10-11H2,1-4H3. The Morgan fingerprint density at radius 1 is 1.30 bits per heavy atom. The van der Waals surface area contributed by atoms with Crippen LogP contribution >= 0.6 is 0 Å². The normalized spacial score (nSPS) is 17.0. The minimum absolute atomic E-state index is 0.106. The summed E-state index contributed by atoms with van der Waals surface area (Å²) in [6.45, 7) is 8.85. The van der Waals surface area contributed by atoms with Gasteiger partial charge in [-0.1, -0.05) is 0 Å². The van der Waals surface area contributed by atoms with Crippen molar-refractivity contribution in [2.75, 3.05) is 19.7 Å². The number of hydrogen-bond acceptors (Lipinski definition) is 6. The molecule has 1 aromatic rings. The number of carbonyl (C=O) groups excluding carboxylic acids is 2. The lowest BCUT2D eigenvalue weighted by Crippen LogP contribution is -2.39. The quantitative estimate of drug-likeness (QED) is 0.791. The Morgan fingerprint density at radius 2 is 1.96 bits per heavy atom. The summed E-state index contributed by atoms with van der Waals surface area (Å²) in [6.07, 6.45) is 3.12. The first-order chi connectivity index (χ1) is 10.8. The van der Waals surface area contributed by atoms with Crippen LogP contribution in [0.4, 0.5) is 0 Å². The van der Waals surface area contributed by atoms with Crippen molar-refractivity contribution in [2.45, 2.75) is 46.6 Å². The number of carbonyl (C=O) groups is 2. The van der Waals surface area contributed by atoms with E-state index in [4.69, 9.17) is 9.57 Å². The van der Waals surface area contributed by atoms with Crippen LogP contribution in [-0.4, -0.2) is 46.5 Å². The molecule has 1 aliphatic rings. The highest BCUT2D eigenvalue weighted by Gasteiger charge is 2.30. The van der Waals surface area contributed by atoms with Gasteiger partial charge in [0.25, 0.3) is 0 Å². The van der Waals surface area contributed by atoms with Gasteiger partial charge in [-0.15, -0.1) is 5.06 Å². The molecule has 23 heavy (non-hydrogen) atoms. The van der Waals surface area contributed by atoms with Gasteiger partial charge in [0, 0.05) is 19.3 Å². The molecule has 2 heterocycles. The van der Waals surface area contributed by atoms with Gasteiger partial charge in [-0.3, -0.25) is 4.68 Å². The summed E-state index contributed by atoms with van der Waals surface area (Å²) in [5.41, 5.74) is -0.0485. The van der Waals surface area contributed by atoms with Crippen LogP contribution in [0.25, 0.3) is 0 Å². The lowest BCUT2D eigenvalue weighted by Gasteiger charge is -2.32. The van der Waals surface area contributed by atoms with E-state index < -0.39 is 5.41 Å². The highest BCUT2D eigenvalue weighted by Crippen LogP contribution is 2.25. The molecule has 0 aliphatic carbocycles. The average molecular weight is 323 g/mol. The number of ether oxygens (including phenoxy) is 1. The van der Waals surface area contributed by atoms with Crippen LogP contribution in [0.2, 0.25) is 0 Å². The van der Waals surface area contributed by atoms with E-state index in [1.807, 2.05) is 20.8 Å². The third-order valence-electron chi connectivity index (χ3n) is 3.75. The van der Waals surface area contributed by atoms with Crippen molar-refractivity contribution in [1.82, 2.24) is 14.8 Å². The Balaban J connectivity index is 1.94. The second kappa shape index (κ2) is 7.12. The van der Waals surface area contributed by atoms with Crippen molar-refractivity contribution in [3.05, 3.63) is 18.0 Å². The van der Waals surface area contributed by atoms with Gasteiger partial charge < -0.3 is 9.57 Å². The Morgan fingerprint density at radius 3 is 2.52 bits per heavy atom. The van der Waals surface area contributed by atoms with Gasteiger partial charge in [-0.2, -0.15) is 5.10 Å². The fraction of sp³-hybridized carbons (Fsp3) is 0.688. The van der Waals surface area contributed by atoms with Crippen molar-refractivity contribution < 1.29 is 19.2 Å². The van der Waals surface area contributed by atoms with Crippen LogP contribution in [0, 0.1) is 5.41 Å². The van der Waals surface area contributed by atoms with Crippen molar-refractivity contribution >= 4 is 11.9 Å². The Hall–Kier alpha value is -1.89. The zero-order chi connectivity index (χ0) is 17.0. The summed E-state index contributed by atoms with van der Waals surface area (Å²) in [4.78, 5) is 29.3. The Bertz CT molecular complexity index is 554. The van der Waals surface area contributed by atoms with Gasteiger partial charge in [-0.25, -0.2) is 9.59 Å². The van der Waals surface area contributed by atoms with Crippen molar-refractivity contribution in [3.63, 3.8) is 0 Å². The molecule has 128 valence electrons. The van der Waals surface area contributed by atoms with Crippen molar-refractivity contribution in [1.29, 1.82) is 0 Å². The van der Waals surface area contributed by atoms with Crippen LogP contribution in [0.1, 0.15) is 57.1 Å². The van der Waals surface area contributed by atoms with E-state index in [1.165, 1.54) is 0 Å². The van der Waals surface area contributed by atoms with Crippen LogP contribution in [0.3, 0.4) is 0 Å². The second-order valence-corrected chi connectivity index (χ2v) is 6.67. The van der Waals surface area contributed by atoms with E-state index in [0.29, 0.717) is 25.4 Å². The summed E-state index contributed by atoms with van der Waals surface area (Å²) in [5.74, 6) is -0.589. The molecule has 0 spiro atoms. The lowest BCUT2D eigenvalue weighted by atomic mass is 9.98. The minimum atomic E-state index is -0.518. The number of esters is 1. The first-order valence-corrected chi connectivity index (χ1v) is 8.01. The topological polar surface area (TPSA) is 73.7 Å². The summed E-state index contributed by atoms with van der Waals surface area (Å²) < 4.78 is 6.77. The average Bonchev–Trinajstić information content (AvgIpc) is 2.97. The number of hydrogen-bond donors (Lipinski definition) is 0. The molecule has 1 saturated heterocycles. The number of aromatic nitrogens is 2. The van der Waals surface area contributed by atoms with Gasteiger partial charge in [0.05, 0.1) is 18.1 Å². The molecule has 1 aromatic heterocycles. The second-order valence-electron chi connectivity index (χ2n) is 6.67. The molecule has 0 radical (unpaired) electrons. The van der Waals surface area contributed by atoms with Gasteiger partial charge >= 0.3 is 11.9 Å². The highest BCUT2D eigenvalue weighted by molar-refractivity contribution is 5.87. The molecular formula is C16H25N3O4. The smallest absolute Gasteiger partial charge is 0.356 e. The van der Waals surface area contributed by atoms with E-state index in [1.54, 1.807) is 28.9 Å². The fourth-order valence-electron chi connectivity index (χ4n) is 2.40. The molecule has 2 rings (SSSR count). The van der Waals surface area contributed by atoms with E-state index in [-0.39, 0.29) is 18.0 Å². The van der Waals surface area contributed by atoms with Crippen LogP contribution in [0.15, 0.2) is 12.3 Å². The predicted molar refractivity (Wildman–Crippen MR) is 83.6 cm³/mol. The third kappa shape index (κ3) is 4.31. The molecule has 7 nitrogen and oxygen atoms in total. The molecule has 1 aliphatic heterocycles. The van der Waals surface area contributed by atoms with Gasteiger partial charge in [0.15, 0.2) is 0 Å². The van der Waals surface area contributed by atoms with E-state index in [0.717, 1.165) is 12.8 Å². The van der Waals surface area contributed by atoms with E-state index in [2.05, 4.69) is 5.10 Å². The maximum Gasteiger partial charge on any atom is 0.356 e. The van der Waals surface area contributed by atoms with Crippen molar-refractivity contribution in [2.24, 2.45) is 5.41 Å². The lowest BCUT2D eigenvalue weighted by molar-refractivity contribution is -0.205.